The molecule has 2 aromatic carbocycles. The number of hydrogen-bond acceptors (Lipinski definition) is 7. The van der Waals surface area contributed by atoms with Gasteiger partial charge in [-0.05, 0) is 43.2 Å². The summed E-state index contributed by atoms with van der Waals surface area (Å²) in [7, 11) is 0. The number of nitrogens with one attached hydrogen (secondary N) is 2. The lowest BCUT2D eigenvalue weighted by Gasteiger charge is -2.23. The smallest absolute Gasteiger partial charge is 0.309 e. The largest absolute Gasteiger partial charge is 0.463 e. The summed E-state index contributed by atoms with van der Waals surface area (Å²) in [6.45, 7) is 8.52. The molecule has 0 aliphatic carbocycles. The Labute approximate surface area is 261 Å². The fraction of sp³-hybridized carbons (Fsp3) is 0.457. The second-order valence-corrected chi connectivity index (χ2v) is 10.6. The zero-order chi connectivity index (χ0) is 31.8. The summed E-state index contributed by atoms with van der Waals surface area (Å²) < 4.78 is 16.9. The van der Waals surface area contributed by atoms with Crippen LogP contribution in [-0.4, -0.2) is 68.5 Å². The van der Waals surface area contributed by atoms with Crippen molar-refractivity contribution in [1.82, 2.24) is 10.6 Å². The van der Waals surface area contributed by atoms with Crippen LogP contribution in [0.2, 0.25) is 0 Å². The zero-order valence-electron chi connectivity index (χ0n) is 25.7. The number of benzene rings is 2. The quantitative estimate of drug-likeness (QED) is 0.0930. The molecule has 9 heteroatoms. The van der Waals surface area contributed by atoms with Gasteiger partial charge in [-0.3, -0.25) is 14.4 Å². The fourth-order valence-corrected chi connectivity index (χ4v) is 4.56. The van der Waals surface area contributed by atoms with Crippen molar-refractivity contribution in [3.63, 3.8) is 0 Å². The normalized spacial score (nSPS) is 12.8. The number of amides is 2. The molecule has 0 aliphatic heterocycles. The Morgan fingerprint density at radius 1 is 0.864 bits per heavy atom. The third-order valence-corrected chi connectivity index (χ3v) is 6.88. The van der Waals surface area contributed by atoms with Crippen LogP contribution >= 0.6 is 0 Å². The number of ether oxygens (including phenoxy) is 3. The van der Waals surface area contributed by atoms with Crippen LogP contribution in [0.25, 0.3) is 0 Å². The first-order valence-corrected chi connectivity index (χ1v) is 15.3. The van der Waals surface area contributed by atoms with Crippen LogP contribution < -0.4 is 10.6 Å². The summed E-state index contributed by atoms with van der Waals surface area (Å²) >= 11 is 0. The van der Waals surface area contributed by atoms with E-state index in [9.17, 15) is 14.4 Å². The van der Waals surface area contributed by atoms with E-state index in [1.54, 1.807) is 6.08 Å². The zero-order valence-corrected chi connectivity index (χ0v) is 25.7. The number of carbonyl (C=O) groups is 3. The van der Waals surface area contributed by atoms with Crippen LogP contribution in [0.3, 0.4) is 0 Å². The predicted octanol–water partition coefficient (Wildman–Crippen LogP) is 4.15. The number of aliphatic hydroxyl groups excluding tert-OH is 1. The molecule has 240 valence electrons. The highest BCUT2D eigenvalue weighted by molar-refractivity contribution is 5.86. The van der Waals surface area contributed by atoms with Crippen molar-refractivity contribution in [2.24, 2.45) is 11.8 Å². The molecule has 3 unspecified atom stereocenters. The highest BCUT2D eigenvalue weighted by atomic mass is 16.5. The molecule has 0 heterocycles. The Kier molecular flexibility index (Phi) is 18.8. The summed E-state index contributed by atoms with van der Waals surface area (Å²) in [6, 6.07) is 18.8. The van der Waals surface area contributed by atoms with Gasteiger partial charge in [0.15, 0.2) is 0 Å². The highest BCUT2D eigenvalue weighted by Crippen LogP contribution is 2.18. The van der Waals surface area contributed by atoms with Gasteiger partial charge in [0.2, 0.25) is 11.8 Å². The maximum Gasteiger partial charge on any atom is 0.309 e. The van der Waals surface area contributed by atoms with Gasteiger partial charge in [0.05, 0.1) is 50.9 Å². The fourth-order valence-electron chi connectivity index (χ4n) is 4.56. The van der Waals surface area contributed by atoms with Gasteiger partial charge in [-0.2, -0.15) is 0 Å². The van der Waals surface area contributed by atoms with E-state index in [4.69, 9.17) is 19.3 Å². The predicted molar refractivity (Wildman–Crippen MR) is 171 cm³/mol. The van der Waals surface area contributed by atoms with Crippen molar-refractivity contribution in [3.8, 4) is 0 Å². The summed E-state index contributed by atoms with van der Waals surface area (Å²) in [4.78, 5) is 39.1. The summed E-state index contributed by atoms with van der Waals surface area (Å²) in [5, 5.41) is 14.5. The van der Waals surface area contributed by atoms with Gasteiger partial charge in [-0.25, -0.2) is 0 Å². The second kappa shape index (κ2) is 22.7. The second-order valence-electron chi connectivity index (χ2n) is 10.6. The Hall–Kier alpha value is -3.79. The minimum absolute atomic E-state index is 0.0440. The number of allylic oxidation sites excluding steroid dienone is 2. The number of unbranched alkanes of at least 4 members (excludes halogenated alkanes) is 1. The number of esters is 1. The third-order valence-electron chi connectivity index (χ3n) is 6.88. The number of rotatable bonds is 24. The number of hydrogen-bond donors (Lipinski definition) is 3. The van der Waals surface area contributed by atoms with E-state index in [1.807, 2.05) is 66.7 Å². The molecule has 0 aliphatic rings. The van der Waals surface area contributed by atoms with Crippen molar-refractivity contribution in [2.75, 3.05) is 39.6 Å². The first-order chi connectivity index (χ1) is 21.5. The summed E-state index contributed by atoms with van der Waals surface area (Å²) in [6.07, 6.45) is 6.51. The third kappa shape index (κ3) is 15.6. The first-order valence-electron chi connectivity index (χ1n) is 15.3. The van der Waals surface area contributed by atoms with Crippen molar-refractivity contribution in [1.29, 1.82) is 0 Å². The lowest BCUT2D eigenvalue weighted by atomic mass is 9.94. The van der Waals surface area contributed by atoms with Gasteiger partial charge < -0.3 is 30.0 Å². The Morgan fingerprint density at radius 3 is 2.23 bits per heavy atom. The van der Waals surface area contributed by atoms with E-state index in [0.717, 1.165) is 24.0 Å². The summed E-state index contributed by atoms with van der Waals surface area (Å²) in [5.74, 6) is -1.98. The van der Waals surface area contributed by atoms with E-state index >= 15 is 0 Å². The van der Waals surface area contributed by atoms with E-state index in [0.29, 0.717) is 25.9 Å². The topological polar surface area (TPSA) is 123 Å². The van der Waals surface area contributed by atoms with Crippen molar-refractivity contribution in [3.05, 3.63) is 97.1 Å². The standard InChI is InChI=1S/C35H48N2O7/c1-3-5-8-18-31(23-28-14-9-6-10-15-28)35(41)44-27-32(26-43-25-29-16-11-7-12-17-29)37-34(40)30(13-4-2)24-33(39)36-19-21-42-22-20-38/h3-4,6-7,9-12,14-17,30-32,38H,1-2,5,8,13,18-27H2,(H,36,39)(H,37,40). The van der Waals surface area contributed by atoms with Crippen LogP contribution in [-0.2, 0) is 41.6 Å². The maximum atomic E-state index is 13.3. The lowest BCUT2D eigenvalue weighted by Crippen LogP contribution is -2.46. The van der Waals surface area contributed by atoms with Gasteiger partial charge in [0, 0.05) is 13.0 Å². The average molecular weight is 609 g/mol. The van der Waals surface area contributed by atoms with Gasteiger partial charge in [-0.1, -0.05) is 72.8 Å². The van der Waals surface area contributed by atoms with Gasteiger partial charge in [0.1, 0.15) is 6.61 Å². The molecule has 2 aromatic rings. The molecular formula is C35H48N2O7. The molecule has 3 atom stereocenters. The van der Waals surface area contributed by atoms with Crippen molar-refractivity contribution < 1.29 is 33.7 Å². The molecule has 2 amide bonds. The van der Waals surface area contributed by atoms with Crippen LogP contribution in [0.4, 0.5) is 0 Å². The van der Waals surface area contributed by atoms with Crippen LogP contribution in [0.1, 0.15) is 43.2 Å². The molecule has 0 aromatic heterocycles. The van der Waals surface area contributed by atoms with Crippen molar-refractivity contribution in [2.45, 2.75) is 51.2 Å². The van der Waals surface area contributed by atoms with Gasteiger partial charge in [0.25, 0.3) is 0 Å². The Morgan fingerprint density at radius 2 is 1.57 bits per heavy atom. The SMILES string of the molecule is C=CCCCC(Cc1ccccc1)C(=O)OCC(COCc1ccccc1)NC(=O)C(CC=C)CC(=O)NCCOCCO. The number of aliphatic hydroxyl groups is 1. The Bertz CT molecular complexity index is 1110. The minimum Gasteiger partial charge on any atom is -0.463 e. The molecule has 44 heavy (non-hydrogen) atoms. The van der Waals surface area contributed by atoms with Crippen LogP contribution in [0.15, 0.2) is 86.0 Å². The van der Waals surface area contributed by atoms with Crippen LogP contribution in [0, 0.1) is 11.8 Å². The van der Waals surface area contributed by atoms with E-state index in [1.165, 1.54) is 0 Å². The highest BCUT2D eigenvalue weighted by Gasteiger charge is 2.26. The van der Waals surface area contributed by atoms with Crippen molar-refractivity contribution >= 4 is 17.8 Å². The van der Waals surface area contributed by atoms with Crippen LogP contribution in [0.5, 0.6) is 0 Å². The monoisotopic (exact) mass is 608 g/mol. The first kappa shape index (κ1) is 36.4. The molecule has 2 rings (SSSR count). The molecule has 3 N–H and O–H groups in total. The molecule has 0 spiro atoms. The average Bonchev–Trinajstić information content (AvgIpc) is 3.03. The lowest BCUT2D eigenvalue weighted by molar-refractivity contribution is -0.150. The molecule has 0 saturated carbocycles. The van der Waals surface area contributed by atoms with E-state index in [2.05, 4.69) is 23.8 Å². The number of carbonyl (C=O) groups excluding carboxylic acids is 3. The molecule has 0 fully saturated rings. The molecule has 0 radical (unpaired) electrons. The van der Waals surface area contributed by atoms with Gasteiger partial charge >= 0.3 is 5.97 Å². The van der Waals surface area contributed by atoms with E-state index in [-0.39, 0.29) is 69.7 Å². The van der Waals surface area contributed by atoms with Gasteiger partial charge in [-0.15, -0.1) is 13.2 Å². The van der Waals surface area contributed by atoms with E-state index < -0.39 is 12.0 Å². The minimum atomic E-state index is -0.664. The molecule has 9 nitrogen and oxygen atoms in total. The molecule has 0 bridgehead atoms. The molecular weight excluding hydrogens is 560 g/mol. The maximum absolute atomic E-state index is 13.3. The molecule has 0 saturated heterocycles. The summed E-state index contributed by atoms with van der Waals surface area (Å²) in [5.41, 5.74) is 2.03. The Balaban J connectivity index is 2.04.